The van der Waals surface area contributed by atoms with Crippen LogP contribution in [0.15, 0.2) is 6.07 Å². The summed E-state index contributed by atoms with van der Waals surface area (Å²) in [6.45, 7) is 3.02. The molecule has 0 aromatic carbocycles. The van der Waals surface area contributed by atoms with E-state index in [1.165, 1.54) is 0 Å². The highest BCUT2D eigenvalue weighted by molar-refractivity contribution is 7.98. The third-order valence-corrected chi connectivity index (χ3v) is 3.04. The van der Waals surface area contributed by atoms with E-state index in [-0.39, 0.29) is 11.6 Å². The van der Waals surface area contributed by atoms with Crippen molar-refractivity contribution in [3.05, 3.63) is 17.7 Å². The van der Waals surface area contributed by atoms with Crippen molar-refractivity contribution >= 4 is 23.4 Å². The van der Waals surface area contributed by atoms with Gasteiger partial charge in [0.05, 0.1) is 0 Å². The second-order valence-electron chi connectivity index (χ2n) is 3.81. The summed E-state index contributed by atoms with van der Waals surface area (Å²) in [6, 6.07) is 0.856. The maximum Gasteiger partial charge on any atom is 0.168 e. The molecule has 0 radical (unpaired) electrons. The third kappa shape index (κ3) is 4.68. The van der Waals surface area contributed by atoms with Crippen molar-refractivity contribution in [2.75, 3.05) is 35.7 Å². The van der Waals surface area contributed by atoms with Crippen molar-refractivity contribution in [3.8, 4) is 0 Å². The highest BCUT2D eigenvalue weighted by Crippen LogP contribution is 2.18. The number of anilines is 2. The van der Waals surface area contributed by atoms with Crippen molar-refractivity contribution in [3.63, 3.8) is 0 Å². The normalized spacial score (nSPS) is 10.4. The summed E-state index contributed by atoms with van der Waals surface area (Å²) in [5.41, 5.74) is 0. The number of hydrogen-bond acceptors (Lipinski definition) is 4. The Hall–Kier alpha value is -1.04. The van der Waals surface area contributed by atoms with Gasteiger partial charge in [0.15, 0.2) is 23.3 Å². The minimum absolute atomic E-state index is 0.0884. The summed E-state index contributed by atoms with van der Waals surface area (Å²) in [5, 5.41) is 5.65. The van der Waals surface area contributed by atoms with E-state index in [0.717, 1.165) is 24.7 Å². The molecule has 1 heterocycles. The van der Waals surface area contributed by atoms with Crippen LogP contribution in [0.3, 0.4) is 0 Å². The monoisotopic (exact) mass is 275 g/mol. The number of hydrogen-bond donors (Lipinski definition) is 2. The SMILES string of the molecule is CCNc1nc(NCCCCSC)c(F)cc1F. The molecule has 1 aromatic rings. The van der Waals surface area contributed by atoms with Gasteiger partial charge in [0, 0.05) is 19.2 Å². The number of nitrogens with zero attached hydrogens (tertiary/aromatic N) is 1. The number of rotatable bonds is 8. The summed E-state index contributed by atoms with van der Waals surface area (Å²) >= 11 is 1.78. The van der Waals surface area contributed by atoms with Gasteiger partial charge in [-0.25, -0.2) is 13.8 Å². The first-order valence-electron chi connectivity index (χ1n) is 6.01. The van der Waals surface area contributed by atoms with E-state index in [0.29, 0.717) is 13.1 Å². The van der Waals surface area contributed by atoms with Crippen LogP contribution in [0.2, 0.25) is 0 Å². The molecule has 6 heteroatoms. The Kier molecular flexibility index (Phi) is 6.78. The van der Waals surface area contributed by atoms with Gasteiger partial charge < -0.3 is 10.6 Å². The standard InChI is InChI=1S/C12H19F2N3S/c1-3-15-11-9(13)8-10(14)12(17-11)16-6-4-5-7-18-2/h8H,3-7H2,1-2H3,(H2,15,16,17). The predicted molar refractivity (Wildman–Crippen MR) is 74.4 cm³/mol. The molecule has 1 aromatic heterocycles. The lowest BCUT2D eigenvalue weighted by Gasteiger charge is -2.10. The van der Waals surface area contributed by atoms with Gasteiger partial charge in [-0.05, 0) is 31.8 Å². The van der Waals surface area contributed by atoms with Crippen molar-refractivity contribution < 1.29 is 8.78 Å². The molecule has 2 N–H and O–H groups in total. The van der Waals surface area contributed by atoms with Crippen molar-refractivity contribution in [2.45, 2.75) is 19.8 Å². The van der Waals surface area contributed by atoms with E-state index in [1.807, 2.05) is 6.92 Å². The highest BCUT2D eigenvalue weighted by Gasteiger charge is 2.10. The van der Waals surface area contributed by atoms with Gasteiger partial charge in [-0.15, -0.1) is 0 Å². The maximum absolute atomic E-state index is 13.4. The summed E-state index contributed by atoms with van der Waals surface area (Å²) < 4.78 is 26.8. The van der Waals surface area contributed by atoms with Crippen LogP contribution in [0.25, 0.3) is 0 Å². The van der Waals surface area contributed by atoms with E-state index in [1.54, 1.807) is 11.8 Å². The number of thioether (sulfide) groups is 1. The van der Waals surface area contributed by atoms with Gasteiger partial charge in [-0.2, -0.15) is 11.8 Å². The highest BCUT2D eigenvalue weighted by atomic mass is 32.2. The number of pyridine rings is 1. The van der Waals surface area contributed by atoms with Crippen LogP contribution < -0.4 is 10.6 Å². The molecule has 0 saturated heterocycles. The summed E-state index contributed by atoms with van der Waals surface area (Å²) in [6.07, 6.45) is 4.06. The lowest BCUT2D eigenvalue weighted by Crippen LogP contribution is -2.10. The number of nitrogens with one attached hydrogen (secondary N) is 2. The van der Waals surface area contributed by atoms with Gasteiger partial charge in [0.2, 0.25) is 0 Å². The predicted octanol–water partition coefficient (Wildman–Crippen LogP) is 3.35. The minimum atomic E-state index is -0.665. The van der Waals surface area contributed by atoms with Crippen molar-refractivity contribution in [1.82, 2.24) is 4.98 Å². The molecule has 1 rings (SSSR count). The average Bonchev–Trinajstić information content (AvgIpc) is 2.34. The van der Waals surface area contributed by atoms with E-state index >= 15 is 0 Å². The molecule has 0 spiro atoms. The largest absolute Gasteiger partial charge is 0.368 e. The lowest BCUT2D eigenvalue weighted by atomic mass is 10.3. The third-order valence-electron chi connectivity index (χ3n) is 2.34. The van der Waals surface area contributed by atoms with Crippen LogP contribution in [-0.2, 0) is 0 Å². The number of aromatic nitrogens is 1. The van der Waals surface area contributed by atoms with Gasteiger partial charge in [-0.1, -0.05) is 0 Å². The minimum Gasteiger partial charge on any atom is -0.368 e. The summed E-state index contributed by atoms with van der Waals surface area (Å²) in [5.74, 6) is -0.0350. The van der Waals surface area contributed by atoms with Gasteiger partial charge in [0.25, 0.3) is 0 Å². The molecule has 0 aliphatic heterocycles. The molecule has 0 fully saturated rings. The van der Waals surface area contributed by atoms with E-state index < -0.39 is 11.6 Å². The zero-order chi connectivity index (χ0) is 13.4. The van der Waals surface area contributed by atoms with Crippen molar-refractivity contribution in [2.24, 2.45) is 0 Å². The zero-order valence-electron chi connectivity index (χ0n) is 10.7. The molecule has 0 amide bonds. The molecule has 0 aliphatic carbocycles. The molecule has 0 aliphatic rings. The second-order valence-corrected chi connectivity index (χ2v) is 4.79. The van der Waals surface area contributed by atoms with Crippen LogP contribution in [0.4, 0.5) is 20.4 Å². The Bertz CT molecular complexity index is 375. The Balaban J connectivity index is 2.56. The van der Waals surface area contributed by atoms with Crippen LogP contribution >= 0.6 is 11.8 Å². The molecule has 0 bridgehead atoms. The fourth-order valence-corrected chi connectivity index (χ4v) is 1.95. The first-order chi connectivity index (χ1) is 8.69. The summed E-state index contributed by atoms with van der Waals surface area (Å²) in [4.78, 5) is 3.90. The van der Waals surface area contributed by atoms with Crippen molar-refractivity contribution in [1.29, 1.82) is 0 Å². The Morgan fingerprint density at radius 3 is 2.44 bits per heavy atom. The molecule has 0 unspecified atom stereocenters. The van der Waals surface area contributed by atoms with Gasteiger partial charge in [-0.3, -0.25) is 0 Å². The molecule has 3 nitrogen and oxygen atoms in total. The van der Waals surface area contributed by atoms with E-state index in [9.17, 15) is 8.78 Å². The van der Waals surface area contributed by atoms with Crippen LogP contribution in [-0.4, -0.2) is 30.1 Å². The fourth-order valence-electron chi connectivity index (χ4n) is 1.46. The van der Waals surface area contributed by atoms with E-state index in [4.69, 9.17) is 0 Å². The Labute approximate surface area is 111 Å². The smallest absolute Gasteiger partial charge is 0.168 e. The maximum atomic E-state index is 13.4. The quantitative estimate of drug-likeness (QED) is 0.713. The first kappa shape index (κ1) is 15.0. The lowest BCUT2D eigenvalue weighted by molar-refractivity contribution is 0.577. The van der Waals surface area contributed by atoms with Gasteiger partial charge >= 0.3 is 0 Å². The number of halogens is 2. The Morgan fingerprint density at radius 1 is 1.17 bits per heavy atom. The summed E-state index contributed by atoms with van der Waals surface area (Å²) in [7, 11) is 0. The average molecular weight is 275 g/mol. The second kappa shape index (κ2) is 8.13. The molecule has 18 heavy (non-hydrogen) atoms. The molecular formula is C12H19F2N3S. The molecular weight excluding hydrogens is 256 g/mol. The molecule has 0 saturated carbocycles. The fraction of sp³-hybridized carbons (Fsp3) is 0.583. The zero-order valence-corrected chi connectivity index (χ0v) is 11.5. The van der Waals surface area contributed by atoms with E-state index in [2.05, 4.69) is 21.9 Å². The van der Waals surface area contributed by atoms with Crippen LogP contribution in [0, 0.1) is 11.6 Å². The van der Waals surface area contributed by atoms with Gasteiger partial charge in [0.1, 0.15) is 0 Å². The molecule has 102 valence electrons. The number of unbranched alkanes of at least 4 members (excludes halogenated alkanes) is 1. The van der Waals surface area contributed by atoms with Crippen LogP contribution in [0.1, 0.15) is 19.8 Å². The molecule has 0 atom stereocenters. The first-order valence-corrected chi connectivity index (χ1v) is 7.41. The topological polar surface area (TPSA) is 37.0 Å². The van der Waals surface area contributed by atoms with Crippen LogP contribution in [0.5, 0.6) is 0 Å². The Morgan fingerprint density at radius 2 is 1.83 bits per heavy atom.